The summed E-state index contributed by atoms with van der Waals surface area (Å²) in [5.74, 6) is 0.434. The lowest BCUT2D eigenvalue weighted by Crippen LogP contribution is -2.36. The van der Waals surface area contributed by atoms with Crippen molar-refractivity contribution in [3.8, 4) is 5.75 Å². The van der Waals surface area contributed by atoms with Crippen LogP contribution in [0.4, 0.5) is 10.6 Å². The Morgan fingerprint density at radius 2 is 1.82 bits per heavy atom. The Bertz CT molecular complexity index is 2390. The first-order chi connectivity index (χ1) is 26.6. The van der Waals surface area contributed by atoms with Crippen LogP contribution in [0.1, 0.15) is 55.5 Å². The molecule has 0 radical (unpaired) electrons. The van der Waals surface area contributed by atoms with Gasteiger partial charge in [-0.2, -0.15) is 0 Å². The molecule has 0 bridgehead atoms. The van der Waals surface area contributed by atoms with Crippen molar-refractivity contribution in [3.63, 3.8) is 0 Å². The highest BCUT2D eigenvalue weighted by Crippen LogP contribution is 2.60. The number of hydrogen-bond donors (Lipinski definition) is 0. The van der Waals surface area contributed by atoms with Crippen LogP contribution >= 0.6 is 27.5 Å². The van der Waals surface area contributed by atoms with E-state index in [2.05, 4.69) is 48.7 Å². The number of carbonyl (C=O) groups is 1. The number of pyridine rings is 1. The first-order valence-corrected chi connectivity index (χ1v) is 19.4. The molecule has 1 aliphatic carbocycles. The molecule has 2 aliphatic heterocycles. The van der Waals surface area contributed by atoms with E-state index in [1.54, 1.807) is 12.0 Å². The molecule has 55 heavy (non-hydrogen) atoms. The molecule has 1 saturated carbocycles. The number of fused-ring (bicyclic) bond motifs is 4. The fourth-order valence-corrected chi connectivity index (χ4v) is 9.18. The summed E-state index contributed by atoms with van der Waals surface area (Å²) in [6.45, 7) is 4.82. The van der Waals surface area contributed by atoms with Gasteiger partial charge in [0.25, 0.3) is 0 Å². The van der Waals surface area contributed by atoms with Crippen LogP contribution in [-0.2, 0) is 32.1 Å². The quantitative estimate of drug-likeness (QED) is 0.139. The number of methoxy groups -OCH3 is 1. The summed E-state index contributed by atoms with van der Waals surface area (Å²) in [4.78, 5) is 29.3. The SMILES string of the molecule is COc1ccc(CN(C(=O)OCc2ccccc2)c2nc3cc([C@H]4C[C@@]5(CO4)C[C@@H](n4ccc6c(Cl)ncnc64)[C@@H]4OC(C)(C)O[C@@H]45)ccc3cc2Br)cc1. The van der Waals surface area contributed by atoms with Crippen LogP contribution in [0.3, 0.4) is 0 Å². The number of benzene rings is 3. The van der Waals surface area contributed by atoms with E-state index in [1.165, 1.54) is 6.33 Å². The summed E-state index contributed by atoms with van der Waals surface area (Å²) in [5, 5.41) is 2.15. The summed E-state index contributed by atoms with van der Waals surface area (Å²) >= 11 is 10.2. The van der Waals surface area contributed by atoms with Gasteiger partial charge in [-0.25, -0.2) is 19.7 Å². The van der Waals surface area contributed by atoms with Crippen LogP contribution < -0.4 is 9.64 Å². The zero-order chi connectivity index (χ0) is 37.9. The number of nitrogens with zero attached hydrogens (tertiary/aromatic N) is 5. The highest BCUT2D eigenvalue weighted by Gasteiger charge is 2.64. The molecular formula is C42H39BrClN5O6. The molecule has 3 fully saturated rings. The van der Waals surface area contributed by atoms with Crippen molar-refractivity contribution >= 4 is 61.4 Å². The fourth-order valence-electron chi connectivity index (χ4n) is 8.44. The normalized spacial score (nSPS) is 24.1. The summed E-state index contributed by atoms with van der Waals surface area (Å²) in [6.07, 6.45) is 3.96. The third-order valence-corrected chi connectivity index (χ3v) is 11.9. The Morgan fingerprint density at radius 3 is 2.62 bits per heavy atom. The summed E-state index contributed by atoms with van der Waals surface area (Å²) in [7, 11) is 1.62. The van der Waals surface area contributed by atoms with Gasteiger partial charge in [0.2, 0.25) is 0 Å². The Labute approximate surface area is 331 Å². The number of carbonyl (C=O) groups excluding carboxylic acids is 1. The van der Waals surface area contributed by atoms with Gasteiger partial charge in [0, 0.05) is 17.0 Å². The second-order valence-corrected chi connectivity index (χ2v) is 16.2. The second kappa shape index (κ2) is 14.2. The average molecular weight is 825 g/mol. The van der Waals surface area contributed by atoms with E-state index in [0.29, 0.717) is 22.1 Å². The van der Waals surface area contributed by atoms with Gasteiger partial charge >= 0.3 is 6.09 Å². The number of anilines is 1. The molecule has 6 aromatic rings. The van der Waals surface area contributed by atoms with E-state index in [1.807, 2.05) is 86.8 Å². The topological polar surface area (TPSA) is 110 Å². The lowest BCUT2D eigenvalue weighted by molar-refractivity contribution is -0.169. The number of aromatic nitrogens is 4. The summed E-state index contributed by atoms with van der Waals surface area (Å²) in [5.41, 5.74) is 3.99. The molecule has 13 heteroatoms. The van der Waals surface area contributed by atoms with Gasteiger partial charge < -0.3 is 28.3 Å². The van der Waals surface area contributed by atoms with Crippen LogP contribution in [0, 0.1) is 5.41 Å². The second-order valence-electron chi connectivity index (χ2n) is 15.0. The molecule has 1 spiro atoms. The maximum absolute atomic E-state index is 13.9. The van der Waals surface area contributed by atoms with Crippen LogP contribution in [0.5, 0.6) is 5.75 Å². The molecule has 5 heterocycles. The number of rotatable bonds is 8. The largest absolute Gasteiger partial charge is 0.497 e. The maximum Gasteiger partial charge on any atom is 0.416 e. The standard InChI is InChI=1S/C42H39BrClN5O6/c1-41(2)54-35-33(48-16-15-30-37(44)45-24-46-38(30)48)19-42(36(35)55-41)20-34(53-23-42)28-12-11-27-17-31(43)39(47-32(27)18-28)49(21-25-9-13-29(51-3)14-10-25)40(50)52-22-26-7-5-4-6-8-26/h4-18,24,33-36H,19-23H2,1-3H3/t33-,34-,35+,36+,42-/m1/s1. The van der Waals surface area contributed by atoms with Gasteiger partial charge in [0.05, 0.1) is 53.9 Å². The number of amides is 1. The molecule has 5 atom stereocenters. The van der Waals surface area contributed by atoms with Crippen molar-refractivity contribution in [3.05, 3.63) is 124 Å². The highest BCUT2D eigenvalue weighted by atomic mass is 79.9. The van der Waals surface area contributed by atoms with Crippen molar-refractivity contribution in [2.75, 3.05) is 18.6 Å². The third kappa shape index (κ3) is 6.74. The van der Waals surface area contributed by atoms with Crippen LogP contribution in [-0.4, -0.2) is 57.3 Å². The van der Waals surface area contributed by atoms with E-state index in [4.69, 9.17) is 40.3 Å². The molecule has 9 rings (SSSR count). The fraction of sp³-hybridized carbons (Fsp3) is 0.333. The van der Waals surface area contributed by atoms with E-state index >= 15 is 0 Å². The molecule has 3 aromatic heterocycles. The van der Waals surface area contributed by atoms with Gasteiger partial charge in [0.1, 0.15) is 35.6 Å². The predicted molar refractivity (Wildman–Crippen MR) is 211 cm³/mol. The molecule has 3 aliphatic rings. The van der Waals surface area contributed by atoms with Gasteiger partial charge in [0.15, 0.2) is 11.6 Å². The third-order valence-electron chi connectivity index (χ3n) is 11.0. The van der Waals surface area contributed by atoms with Crippen LogP contribution in [0.15, 0.2) is 102 Å². The highest BCUT2D eigenvalue weighted by molar-refractivity contribution is 9.10. The van der Waals surface area contributed by atoms with Gasteiger partial charge in [-0.1, -0.05) is 66.2 Å². The minimum atomic E-state index is -0.745. The van der Waals surface area contributed by atoms with Crippen molar-refractivity contribution in [2.45, 2.75) is 70.0 Å². The zero-order valence-electron chi connectivity index (χ0n) is 30.5. The molecular weight excluding hydrogens is 786 g/mol. The zero-order valence-corrected chi connectivity index (χ0v) is 32.9. The molecule has 3 aromatic carbocycles. The van der Waals surface area contributed by atoms with Crippen molar-refractivity contribution in [1.29, 1.82) is 0 Å². The molecule has 1 amide bonds. The maximum atomic E-state index is 13.9. The first-order valence-electron chi connectivity index (χ1n) is 18.3. The minimum absolute atomic E-state index is 0.0332. The number of ether oxygens (including phenoxy) is 5. The Kier molecular flexibility index (Phi) is 9.29. The molecule has 282 valence electrons. The van der Waals surface area contributed by atoms with Gasteiger partial charge in [-0.05, 0) is 89.6 Å². The van der Waals surface area contributed by atoms with Crippen molar-refractivity contribution in [1.82, 2.24) is 19.5 Å². The van der Waals surface area contributed by atoms with Crippen molar-refractivity contribution in [2.24, 2.45) is 5.41 Å². The molecule has 0 unspecified atom stereocenters. The lowest BCUT2D eigenvalue weighted by Gasteiger charge is -2.30. The van der Waals surface area contributed by atoms with E-state index in [9.17, 15) is 4.79 Å². The first kappa shape index (κ1) is 36.1. The van der Waals surface area contributed by atoms with Crippen LogP contribution in [0.25, 0.3) is 21.9 Å². The number of halogens is 2. The van der Waals surface area contributed by atoms with E-state index in [-0.39, 0.29) is 42.9 Å². The monoisotopic (exact) mass is 823 g/mol. The van der Waals surface area contributed by atoms with Gasteiger partial charge in [-0.3, -0.25) is 4.90 Å². The van der Waals surface area contributed by atoms with E-state index in [0.717, 1.165) is 57.2 Å². The average Bonchev–Trinajstić information content (AvgIpc) is 3.96. The smallest absolute Gasteiger partial charge is 0.416 e. The Morgan fingerprint density at radius 1 is 1.00 bits per heavy atom. The summed E-state index contributed by atoms with van der Waals surface area (Å²) < 4.78 is 34.0. The molecule has 0 N–H and O–H groups in total. The minimum Gasteiger partial charge on any atom is -0.497 e. The molecule has 2 saturated heterocycles. The Balaban J connectivity index is 1.02. The Hall–Kier alpha value is -4.59. The summed E-state index contributed by atoms with van der Waals surface area (Å²) in [6, 6.07) is 27.3. The lowest BCUT2D eigenvalue weighted by atomic mass is 9.80. The number of hydrogen-bond acceptors (Lipinski definition) is 9. The van der Waals surface area contributed by atoms with E-state index < -0.39 is 11.9 Å². The predicted octanol–water partition coefficient (Wildman–Crippen LogP) is 9.36. The van der Waals surface area contributed by atoms with Gasteiger partial charge in [-0.15, -0.1) is 0 Å². The van der Waals surface area contributed by atoms with Crippen molar-refractivity contribution < 1.29 is 28.5 Å². The van der Waals surface area contributed by atoms with Crippen LogP contribution in [0.2, 0.25) is 5.15 Å². The molecule has 11 nitrogen and oxygen atoms in total.